The van der Waals surface area contributed by atoms with E-state index in [9.17, 15) is 9.59 Å². The van der Waals surface area contributed by atoms with Gasteiger partial charge in [-0.15, -0.1) is 0 Å². The van der Waals surface area contributed by atoms with Crippen molar-refractivity contribution in [3.63, 3.8) is 0 Å². The zero-order chi connectivity index (χ0) is 22.0. The maximum absolute atomic E-state index is 13.1. The summed E-state index contributed by atoms with van der Waals surface area (Å²) in [5.74, 6) is 0.370. The number of hydrogen-bond donors (Lipinski definition) is 1. The van der Waals surface area contributed by atoms with Gasteiger partial charge in [-0.1, -0.05) is 49.4 Å². The van der Waals surface area contributed by atoms with Crippen molar-refractivity contribution in [2.24, 2.45) is 0 Å². The highest BCUT2D eigenvalue weighted by atomic mass is 16.2. The number of anilines is 1. The molecule has 1 unspecified atom stereocenters. The summed E-state index contributed by atoms with van der Waals surface area (Å²) in [7, 11) is 0. The Kier molecular flexibility index (Phi) is 5.67. The van der Waals surface area contributed by atoms with Gasteiger partial charge in [0.15, 0.2) is 0 Å². The van der Waals surface area contributed by atoms with E-state index in [2.05, 4.69) is 10.3 Å². The van der Waals surface area contributed by atoms with Crippen LogP contribution >= 0.6 is 0 Å². The molecule has 3 aromatic carbocycles. The van der Waals surface area contributed by atoms with Crippen LogP contribution in [0.2, 0.25) is 0 Å². The van der Waals surface area contributed by atoms with E-state index >= 15 is 0 Å². The second-order valence-electron chi connectivity index (χ2n) is 7.68. The molecule has 0 saturated heterocycles. The third-order valence-electron chi connectivity index (χ3n) is 5.60. The minimum Gasteiger partial charge on any atom is -0.325 e. The molecule has 0 aliphatic heterocycles. The summed E-state index contributed by atoms with van der Waals surface area (Å²) < 4.78 is 1.61. The largest absolute Gasteiger partial charge is 0.325 e. The summed E-state index contributed by atoms with van der Waals surface area (Å²) >= 11 is 0. The fraction of sp³-hybridized carbons (Fsp3) is 0.192. The Balaban J connectivity index is 1.66. The number of carbonyl (C=O) groups is 1. The van der Waals surface area contributed by atoms with Gasteiger partial charge in [0.1, 0.15) is 5.82 Å². The summed E-state index contributed by atoms with van der Waals surface area (Å²) in [6.07, 6.45) is 0.713. The SMILES string of the molecule is CCC(C(=O)Nc1ccc(-n2c(C)nc3ccccc3c2=O)cc1C)c1ccccc1. The summed E-state index contributed by atoms with van der Waals surface area (Å²) in [5.41, 5.74) is 3.94. The minimum absolute atomic E-state index is 0.0368. The van der Waals surface area contributed by atoms with Gasteiger partial charge in [0, 0.05) is 5.69 Å². The molecular formula is C26H25N3O2. The van der Waals surface area contributed by atoms with Crippen molar-refractivity contribution < 1.29 is 4.79 Å². The van der Waals surface area contributed by atoms with Crippen LogP contribution in [0.4, 0.5) is 5.69 Å². The summed E-state index contributed by atoms with van der Waals surface area (Å²) in [5, 5.41) is 3.64. The first-order valence-corrected chi connectivity index (χ1v) is 10.4. The number of aromatic nitrogens is 2. The maximum atomic E-state index is 13.1. The van der Waals surface area contributed by atoms with Gasteiger partial charge in [0.25, 0.3) is 5.56 Å². The Labute approximate surface area is 181 Å². The third kappa shape index (κ3) is 3.99. The number of aryl methyl sites for hydroxylation is 2. The van der Waals surface area contributed by atoms with Crippen LogP contribution in [0.15, 0.2) is 77.6 Å². The number of fused-ring (bicyclic) bond motifs is 1. The highest BCUT2D eigenvalue weighted by Crippen LogP contribution is 2.24. The average Bonchev–Trinajstić information content (AvgIpc) is 2.77. The van der Waals surface area contributed by atoms with Crippen LogP contribution in [-0.2, 0) is 4.79 Å². The van der Waals surface area contributed by atoms with Gasteiger partial charge in [-0.3, -0.25) is 14.2 Å². The Bertz CT molecular complexity index is 1310. The lowest BCUT2D eigenvalue weighted by molar-refractivity contribution is -0.117. The van der Waals surface area contributed by atoms with E-state index in [1.165, 1.54) is 0 Å². The fourth-order valence-corrected chi connectivity index (χ4v) is 3.95. The van der Waals surface area contributed by atoms with Crippen LogP contribution in [0.25, 0.3) is 16.6 Å². The molecule has 4 rings (SSSR count). The van der Waals surface area contributed by atoms with E-state index in [1.807, 2.05) is 87.5 Å². The molecule has 1 N–H and O–H groups in total. The predicted molar refractivity (Wildman–Crippen MR) is 125 cm³/mol. The normalized spacial score (nSPS) is 12.0. The Morgan fingerprint density at radius 3 is 2.42 bits per heavy atom. The second-order valence-corrected chi connectivity index (χ2v) is 7.68. The average molecular weight is 412 g/mol. The number of rotatable bonds is 5. The first-order valence-electron chi connectivity index (χ1n) is 10.4. The van der Waals surface area contributed by atoms with Crippen LogP contribution in [0.3, 0.4) is 0 Å². The number of hydrogen-bond acceptors (Lipinski definition) is 3. The second kappa shape index (κ2) is 8.56. The van der Waals surface area contributed by atoms with Gasteiger partial charge >= 0.3 is 0 Å². The number of nitrogens with zero attached hydrogens (tertiary/aromatic N) is 2. The molecule has 31 heavy (non-hydrogen) atoms. The monoisotopic (exact) mass is 411 g/mol. The van der Waals surface area contributed by atoms with Crippen molar-refractivity contribution in [1.82, 2.24) is 9.55 Å². The van der Waals surface area contributed by atoms with Gasteiger partial charge < -0.3 is 5.32 Å². The molecule has 0 spiro atoms. The molecule has 1 heterocycles. The van der Waals surface area contributed by atoms with E-state index in [-0.39, 0.29) is 17.4 Å². The van der Waals surface area contributed by atoms with Crippen LogP contribution in [0.1, 0.15) is 36.2 Å². The molecule has 0 radical (unpaired) electrons. The predicted octanol–water partition coefficient (Wildman–Crippen LogP) is 5.13. The highest BCUT2D eigenvalue weighted by Gasteiger charge is 2.19. The molecule has 1 amide bonds. The first kappa shape index (κ1) is 20.5. The zero-order valence-electron chi connectivity index (χ0n) is 17.9. The lowest BCUT2D eigenvalue weighted by atomic mass is 9.95. The summed E-state index contributed by atoms with van der Waals surface area (Å²) in [6, 6.07) is 22.7. The number of para-hydroxylation sites is 1. The van der Waals surface area contributed by atoms with E-state index in [0.29, 0.717) is 23.1 Å². The molecular weight excluding hydrogens is 386 g/mol. The maximum Gasteiger partial charge on any atom is 0.265 e. The van der Waals surface area contributed by atoms with Crippen molar-refractivity contribution in [2.45, 2.75) is 33.1 Å². The number of carbonyl (C=O) groups excluding carboxylic acids is 1. The van der Waals surface area contributed by atoms with E-state index in [1.54, 1.807) is 10.6 Å². The lowest BCUT2D eigenvalue weighted by Gasteiger charge is -2.18. The van der Waals surface area contributed by atoms with E-state index < -0.39 is 0 Å². The molecule has 5 heteroatoms. The molecule has 5 nitrogen and oxygen atoms in total. The smallest absolute Gasteiger partial charge is 0.265 e. The van der Waals surface area contributed by atoms with Gasteiger partial charge in [0.2, 0.25) is 5.91 Å². The quantitative estimate of drug-likeness (QED) is 0.495. The van der Waals surface area contributed by atoms with Crippen molar-refractivity contribution in [3.8, 4) is 5.69 Å². The lowest BCUT2D eigenvalue weighted by Crippen LogP contribution is -2.23. The molecule has 0 aliphatic rings. The molecule has 1 aromatic heterocycles. The third-order valence-corrected chi connectivity index (χ3v) is 5.60. The van der Waals surface area contributed by atoms with E-state index in [4.69, 9.17) is 0 Å². The highest BCUT2D eigenvalue weighted by molar-refractivity contribution is 5.96. The van der Waals surface area contributed by atoms with E-state index in [0.717, 1.165) is 22.5 Å². The first-order chi connectivity index (χ1) is 15.0. The van der Waals surface area contributed by atoms with Crippen molar-refractivity contribution in [2.75, 3.05) is 5.32 Å². The van der Waals surface area contributed by atoms with Crippen molar-refractivity contribution in [1.29, 1.82) is 0 Å². The Morgan fingerprint density at radius 1 is 1.00 bits per heavy atom. The van der Waals surface area contributed by atoms with Crippen molar-refractivity contribution in [3.05, 3.63) is 100 Å². The molecule has 4 aromatic rings. The molecule has 0 bridgehead atoms. The zero-order valence-corrected chi connectivity index (χ0v) is 17.9. The fourth-order valence-electron chi connectivity index (χ4n) is 3.95. The Hall–Kier alpha value is -3.73. The molecule has 156 valence electrons. The topological polar surface area (TPSA) is 64.0 Å². The number of benzene rings is 3. The molecule has 0 saturated carbocycles. The molecule has 0 aliphatic carbocycles. The van der Waals surface area contributed by atoms with Gasteiger partial charge in [-0.05, 0) is 61.7 Å². The van der Waals surface area contributed by atoms with Gasteiger partial charge in [0.05, 0.1) is 22.5 Å². The minimum atomic E-state index is -0.213. The van der Waals surface area contributed by atoms with Crippen molar-refractivity contribution >= 4 is 22.5 Å². The van der Waals surface area contributed by atoms with Crippen LogP contribution < -0.4 is 10.9 Å². The number of nitrogens with one attached hydrogen (secondary N) is 1. The standard InChI is InChI=1S/C26H25N3O2/c1-4-21(19-10-6-5-7-11-19)25(30)28-23-15-14-20(16-17(23)2)29-18(3)27-24-13-9-8-12-22(24)26(29)31/h5-16,21H,4H2,1-3H3,(H,28,30). The van der Waals surface area contributed by atoms with Crippen LogP contribution in [0, 0.1) is 13.8 Å². The summed E-state index contributed by atoms with van der Waals surface area (Å²) in [6.45, 7) is 5.76. The number of amides is 1. The molecule has 0 fully saturated rings. The van der Waals surface area contributed by atoms with Gasteiger partial charge in [-0.25, -0.2) is 4.98 Å². The Morgan fingerprint density at radius 2 is 1.71 bits per heavy atom. The van der Waals surface area contributed by atoms with Crippen LogP contribution in [-0.4, -0.2) is 15.5 Å². The summed E-state index contributed by atoms with van der Waals surface area (Å²) in [4.78, 5) is 30.6. The van der Waals surface area contributed by atoms with Gasteiger partial charge in [-0.2, -0.15) is 0 Å². The molecule has 1 atom stereocenters. The van der Waals surface area contributed by atoms with Crippen LogP contribution in [0.5, 0.6) is 0 Å².